The second-order valence-electron chi connectivity index (χ2n) is 8.35. The number of ether oxygens (including phenoxy) is 1. The average molecular weight is 481 g/mol. The molecular formula is C27H32N2O4S. The minimum absolute atomic E-state index is 0.138. The lowest BCUT2D eigenvalue weighted by Crippen LogP contribution is -2.42. The molecule has 180 valence electrons. The van der Waals surface area contributed by atoms with Crippen molar-refractivity contribution in [3.63, 3.8) is 0 Å². The zero-order chi connectivity index (χ0) is 24.9. The number of sulfonamides is 1. The molecule has 0 aliphatic rings. The van der Waals surface area contributed by atoms with E-state index in [2.05, 4.69) is 5.32 Å². The van der Waals surface area contributed by atoms with Crippen molar-refractivity contribution in [1.29, 1.82) is 0 Å². The highest BCUT2D eigenvalue weighted by Crippen LogP contribution is 2.27. The zero-order valence-corrected chi connectivity index (χ0v) is 21.1. The van der Waals surface area contributed by atoms with Crippen molar-refractivity contribution < 1.29 is 17.9 Å². The number of nitrogens with zero attached hydrogens (tertiary/aromatic N) is 1. The zero-order valence-electron chi connectivity index (χ0n) is 20.3. The van der Waals surface area contributed by atoms with Crippen LogP contribution >= 0.6 is 0 Å². The lowest BCUT2D eigenvalue weighted by atomic mass is 10.0. The molecule has 0 fully saturated rings. The van der Waals surface area contributed by atoms with Crippen LogP contribution in [0.25, 0.3) is 0 Å². The van der Waals surface area contributed by atoms with E-state index in [1.54, 1.807) is 37.4 Å². The Morgan fingerprint density at radius 2 is 1.65 bits per heavy atom. The number of methoxy groups -OCH3 is 1. The van der Waals surface area contributed by atoms with Gasteiger partial charge < -0.3 is 10.1 Å². The first kappa shape index (κ1) is 25.3. The summed E-state index contributed by atoms with van der Waals surface area (Å²) in [4.78, 5) is 13.3. The lowest BCUT2D eigenvalue weighted by Gasteiger charge is -2.26. The summed E-state index contributed by atoms with van der Waals surface area (Å²) >= 11 is 0. The van der Waals surface area contributed by atoms with Crippen molar-refractivity contribution in [3.8, 4) is 5.75 Å². The number of anilines is 1. The normalized spacial score (nSPS) is 12.1. The number of carbonyl (C=O) groups is 1. The highest BCUT2D eigenvalue weighted by atomic mass is 32.2. The molecule has 1 N–H and O–H groups in total. The van der Waals surface area contributed by atoms with Crippen LogP contribution in [0.5, 0.6) is 5.75 Å². The molecule has 3 aromatic rings. The highest BCUT2D eigenvalue weighted by Gasteiger charge is 2.28. The largest absolute Gasteiger partial charge is 0.496 e. The number of hydrogen-bond donors (Lipinski definition) is 1. The molecule has 0 aliphatic heterocycles. The van der Waals surface area contributed by atoms with Crippen LogP contribution in [0.15, 0.2) is 71.6 Å². The van der Waals surface area contributed by atoms with Gasteiger partial charge in [0.05, 0.1) is 23.7 Å². The molecule has 0 aliphatic carbocycles. The van der Waals surface area contributed by atoms with E-state index in [9.17, 15) is 13.2 Å². The molecule has 0 bridgehead atoms. The summed E-state index contributed by atoms with van der Waals surface area (Å²) in [5, 5.41) is 3.01. The number of nitrogens with one attached hydrogen (secondary N) is 1. The number of benzene rings is 3. The van der Waals surface area contributed by atoms with Crippen LogP contribution in [0.4, 0.5) is 5.69 Å². The van der Waals surface area contributed by atoms with E-state index in [0.717, 1.165) is 28.0 Å². The molecule has 7 heteroatoms. The number of rotatable bonds is 9. The van der Waals surface area contributed by atoms with Crippen LogP contribution in [0.2, 0.25) is 0 Å². The summed E-state index contributed by atoms with van der Waals surface area (Å²) in [5.74, 6) is 0.401. The minimum Gasteiger partial charge on any atom is -0.496 e. The molecule has 0 radical (unpaired) electrons. The van der Waals surface area contributed by atoms with Gasteiger partial charge >= 0.3 is 0 Å². The Morgan fingerprint density at radius 1 is 0.941 bits per heavy atom. The predicted molar refractivity (Wildman–Crippen MR) is 136 cm³/mol. The third kappa shape index (κ3) is 5.59. The third-order valence-corrected chi connectivity index (χ3v) is 7.75. The third-order valence-electron chi connectivity index (χ3n) is 5.96. The van der Waals surface area contributed by atoms with Crippen molar-refractivity contribution >= 4 is 21.6 Å². The Hall–Kier alpha value is -3.32. The summed E-state index contributed by atoms with van der Waals surface area (Å²) in [6, 6.07) is 19.1. The Balaban J connectivity index is 1.92. The molecule has 34 heavy (non-hydrogen) atoms. The Bertz CT molecular complexity index is 1260. The molecule has 0 aromatic heterocycles. The van der Waals surface area contributed by atoms with E-state index >= 15 is 0 Å². The Labute approximate surface area is 202 Å². The monoisotopic (exact) mass is 480 g/mol. The maximum Gasteiger partial charge on any atom is 0.264 e. The first-order chi connectivity index (χ1) is 16.2. The van der Waals surface area contributed by atoms with Crippen molar-refractivity contribution in [2.45, 2.75) is 45.1 Å². The Kier molecular flexibility index (Phi) is 7.99. The second kappa shape index (κ2) is 10.7. The summed E-state index contributed by atoms with van der Waals surface area (Å²) in [7, 11) is -2.33. The molecule has 0 saturated heterocycles. The first-order valence-electron chi connectivity index (χ1n) is 11.3. The fourth-order valence-corrected chi connectivity index (χ4v) is 5.26. The van der Waals surface area contributed by atoms with E-state index in [0.29, 0.717) is 12.1 Å². The summed E-state index contributed by atoms with van der Waals surface area (Å²) in [6.45, 7) is 7.48. The van der Waals surface area contributed by atoms with Crippen LogP contribution in [0.3, 0.4) is 0 Å². The van der Waals surface area contributed by atoms with E-state index in [1.165, 1.54) is 16.4 Å². The number of hydrogen-bond acceptors (Lipinski definition) is 4. The first-order valence-corrected chi connectivity index (χ1v) is 12.7. The van der Waals surface area contributed by atoms with Crippen LogP contribution < -0.4 is 14.4 Å². The van der Waals surface area contributed by atoms with Gasteiger partial charge in [-0.05, 0) is 79.8 Å². The highest BCUT2D eigenvalue weighted by molar-refractivity contribution is 7.92. The standard InChI is InChI=1S/C27H32N2O4S/c1-6-25(22-13-15-26(33-5)21(4)16-22)28-27(30)18-29(23-14-12-19(2)20(3)17-23)34(31,32)24-10-8-7-9-11-24/h7-17,25H,6,18H2,1-5H3,(H,28,30)/t25-/m0/s1. The average Bonchev–Trinajstić information content (AvgIpc) is 2.83. The fourth-order valence-electron chi connectivity index (χ4n) is 3.83. The molecule has 1 atom stereocenters. The maximum absolute atomic E-state index is 13.5. The molecule has 6 nitrogen and oxygen atoms in total. The van der Waals surface area contributed by atoms with Crippen LogP contribution in [-0.2, 0) is 14.8 Å². The van der Waals surface area contributed by atoms with Gasteiger partial charge in [-0.2, -0.15) is 0 Å². The molecule has 0 unspecified atom stereocenters. The fraction of sp³-hybridized carbons (Fsp3) is 0.296. The summed E-state index contributed by atoms with van der Waals surface area (Å²) < 4.78 is 33.6. The summed E-state index contributed by atoms with van der Waals surface area (Å²) in [5.41, 5.74) is 4.36. The minimum atomic E-state index is -3.95. The van der Waals surface area contributed by atoms with E-state index < -0.39 is 10.0 Å². The Morgan fingerprint density at radius 3 is 2.24 bits per heavy atom. The smallest absolute Gasteiger partial charge is 0.264 e. The second-order valence-corrected chi connectivity index (χ2v) is 10.2. The van der Waals surface area contributed by atoms with Crippen molar-refractivity contribution in [2.75, 3.05) is 18.0 Å². The number of carbonyl (C=O) groups excluding carboxylic acids is 1. The topological polar surface area (TPSA) is 75.7 Å². The summed E-state index contributed by atoms with van der Waals surface area (Å²) in [6.07, 6.45) is 0.659. The van der Waals surface area contributed by atoms with Gasteiger partial charge in [0.2, 0.25) is 5.91 Å². The van der Waals surface area contributed by atoms with Gasteiger partial charge in [-0.15, -0.1) is 0 Å². The van der Waals surface area contributed by atoms with Crippen LogP contribution in [-0.4, -0.2) is 28.0 Å². The maximum atomic E-state index is 13.5. The van der Waals surface area contributed by atoms with Gasteiger partial charge in [-0.1, -0.05) is 43.3 Å². The van der Waals surface area contributed by atoms with Crippen LogP contribution in [0, 0.1) is 20.8 Å². The van der Waals surface area contributed by atoms with Gasteiger partial charge in [-0.3, -0.25) is 9.10 Å². The quantitative estimate of drug-likeness (QED) is 0.463. The predicted octanol–water partition coefficient (Wildman–Crippen LogP) is 5.08. The van der Waals surface area contributed by atoms with Gasteiger partial charge in [0.1, 0.15) is 12.3 Å². The SMILES string of the molecule is CC[C@H](NC(=O)CN(c1ccc(C)c(C)c1)S(=O)(=O)c1ccccc1)c1ccc(OC)c(C)c1. The van der Waals surface area contributed by atoms with Gasteiger partial charge in [0.15, 0.2) is 0 Å². The van der Waals surface area contributed by atoms with Crippen molar-refractivity contribution in [1.82, 2.24) is 5.32 Å². The van der Waals surface area contributed by atoms with Gasteiger partial charge in [0, 0.05) is 0 Å². The molecule has 3 rings (SSSR count). The van der Waals surface area contributed by atoms with Gasteiger partial charge in [-0.25, -0.2) is 8.42 Å². The molecule has 0 saturated carbocycles. The molecular weight excluding hydrogens is 448 g/mol. The van der Waals surface area contributed by atoms with E-state index in [4.69, 9.17) is 4.74 Å². The van der Waals surface area contributed by atoms with Crippen molar-refractivity contribution in [3.05, 3.63) is 89.0 Å². The van der Waals surface area contributed by atoms with E-state index in [-0.39, 0.29) is 23.4 Å². The van der Waals surface area contributed by atoms with Crippen LogP contribution in [0.1, 0.15) is 41.6 Å². The molecule has 3 aromatic carbocycles. The van der Waals surface area contributed by atoms with E-state index in [1.807, 2.05) is 52.0 Å². The van der Waals surface area contributed by atoms with Gasteiger partial charge in [0.25, 0.3) is 10.0 Å². The number of amides is 1. The number of aryl methyl sites for hydroxylation is 3. The molecule has 0 heterocycles. The lowest BCUT2D eigenvalue weighted by molar-refractivity contribution is -0.120. The van der Waals surface area contributed by atoms with Crippen molar-refractivity contribution in [2.24, 2.45) is 0 Å². The molecule has 0 spiro atoms. The molecule has 1 amide bonds.